The molecule has 3 aliphatic heterocycles. The Balaban J connectivity index is 1.17. The third-order valence-corrected chi connectivity index (χ3v) is 21.7. The number of hydrogen-bond donors (Lipinski definition) is 0. The average Bonchev–Trinajstić information content (AvgIpc) is 3.63. The van der Waals surface area contributed by atoms with Gasteiger partial charge in [0.2, 0.25) is 0 Å². The van der Waals surface area contributed by atoms with Crippen LogP contribution in [0, 0.1) is 6.92 Å². The lowest BCUT2D eigenvalue weighted by molar-refractivity contribution is 0.487. The number of rotatable bonds is 6. The molecule has 3 heterocycles. The molecular weight excluding hydrogens is 842 g/mol. The minimum Gasteiger partial charge on any atom is -0.458 e. The van der Waals surface area contributed by atoms with Crippen LogP contribution in [0.5, 0.6) is 11.5 Å². The van der Waals surface area contributed by atoms with Gasteiger partial charge >= 0.3 is 0 Å². The van der Waals surface area contributed by atoms with Gasteiger partial charge in [0.05, 0.1) is 13.8 Å². The summed E-state index contributed by atoms with van der Waals surface area (Å²) in [5, 5.41) is 7.16. The van der Waals surface area contributed by atoms with Crippen molar-refractivity contribution in [2.45, 2.75) is 52.8 Å². The van der Waals surface area contributed by atoms with Crippen molar-refractivity contribution in [1.82, 2.24) is 0 Å². The van der Waals surface area contributed by atoms with E-state index >= 15 is 0 Å². The van der Waals surface area contributed by atoms with Crippen molar-refractivity contribution in [2.24, 2.45) is 0 Å². The number of fused-ring (bicyclic) bond motifs is 7. The second-order valence-electron chi connectivity index (χ2n) is 21.0. The van der Waals surface area contributed by atoms with Crippen LogP contribution in [-0.2, 0) is 5.41 Å². The molecule has 67 heavy (non-hydrogen) atoms. The zero-order chi connectivity index (χ0) is 45.8. The second kappa shape index (κ2) is 15.3. The zero-order valence-electron chi connectivity index (χ0n) is 39.5. The summed E-state index contributed by atoms with van der Waals surface area (Å²) in [6.07, 6.45) is 0. The van der Waals surface area contributed by atoms with E-state index in [1.54, 1.807) is 0 Å². The van der Waals surface area contributed by atoms with Crippen LogP contribution in [0.4, 0.5) is 17.1 Å². The fraction of sp³-hybridized carbons (Fsp3) is 0.129. The standard InChI is InChI=1S/C62H54BNOSi2/c1-41-35-56-61-58(36-41)65-57-37-44(42-27-31-46(32-28-42)66(5,6)7)29-33-52(57)63(61)53-40-60-51(39-55(53)64(56)54-34-30-45(62(2,3)4)38-50(54)43-19-11-8-12-20-43)49-25-17-18-26-59(49)67(60,47-21-13-9-14-22-47)48-23-15-10-16-24-48/h8-40H,1-7H3. The van der Waals surface area contributed by atoms with Gasteiger partial charge in [-0.2, -0.15) is 0 Å². The summed E-state index contributed by atoms with van der Waals surface area (Å²) in [7, 11) is -4.27. The Kier molecular flexibility index (Phi) is 9.49. The summed E-state index contributed by atoms with van der Waals surface area (Å²) in [5.41, 5.74) is 17.2. The van der Waals surface area contributed by atoms with Gasteiger partial charge in [-0.3, -0.25) is 0 Å². The minimum atomic E-state index is -2.83. The monoisotopic (exact) mass is 895 g/mol. The average molecular weight is 896 g/mol. The molecule has 0 saturated heterocycles. The van der Waals surface area contributed by atoms with Crippen molar-refractivity contribution >= 4 is 82.2 Å². The molecule has 0 aliphatic carbocycles. The molecule has 0 spiro atoms. The number of hydrogen-bond acceptors (Lipinski definition) is 2. The number of nitrogens with zero attached hydrogens (tertiary/aromatic N) is 1. The second-order valence-corrected chi connectivity index (χ2v) is 29.8. The van der Waals surface area contributed by atoms with Gasteiger partial charge in [0.1, 0.15) is 11.5 Å². The van der Waals surface area contributed by atoms with Crippen LogP contribution in [0.3, 0.4) is 0 Å². The number of ether oxygens (including phenoxy) is 1. The van der Waals surface area contributed by atoms with E-state index in [1.807, 2.05) is 0 Å². The fourth-order valence-electron chi connectivity index (χ4n) is 11.5. The van der Waals surface area contributed by atoms with E-state index < -0.39 is 16.1 Å². The molecule has 0 aromatic heterocycles. The first-order valence-corrected chi connectivity index (χ1v) is 29.4. The summed E-state index contributed by atoms with van der Waals surface area (Å²) in [6, 6.07) is 76.4. The molecule has 12 rings (SSSR count). The summed E-state index contributed by atoms with van der Waals surface area (Å²) in [4.78, 5) is 2.59. The molecule has 3 aliphatic rings. The van der Waals surface area contributed by atoms with Gasteiger partial charge in [0.15, 0.2) is 8.07 Å². The SMILES string of the molecule is Cc1cc2c3c(c1)N(c1ccc(C(C)(C)C)cc1-c1ccccc1)c1cc4c(cc1B3c1ccc(-c3ccc([Si](C)(C)C)cc3)cc1O2)[Si](c1ccccc1)(c1ccccc1)c1ccccc1-4. The van der Waals surface area contributed by atoms with E-state index in [4.69, 9.17) is 4.74 Å². The van der Waals surface area contributed by atoms with Gasteiger partial charge in [0, 0.05) is 16.9 Å². The molecular formula is C62H54BNOSi2. The highest BCUT2D eigenvalue weighted by molar-refractivity contribution is 7.22. The van der Waals surface area contributed by atoms with E-state index in [0.717, 1.165) is 17.2 Å². The third-order valence-electron chi connectivity index (χ3n) is 14.8. The molecule has 0 amide bonds. The fourth-order valence-corrected chi connectivity index (χ4v) is 17.8. The van der Waals surface area contributed by atoms with Gasteiger partial charge in [-0.1, -0.05) is 209 Å². The Morgan fingerprint density at radius 1 is 0.478 bits per heavy atom. The topological polar surface area (TPSA) is 12.5 Å². The Morgan fingerprint density at radius 3 is 1.79 bits per heavy atom. The van der Waals surface area contributed by atoms with Crippen LogP contribution in [0.1, 0.15) is 31.9 Å². The molecule has 5 heteroatoms. The normalized spacial score (nSPS) is 14.1. The van der Waals surface area contributed by atoms with Crippen LogP contribution in [0.15, 0.2) is 200 Å². The number of anilines is 3. The highest BCUT2D eigenvalue weighted by Gasteiger charge is 2.51. The minimum absolute atomic E-state index is 0.0322. The quantitative estimate of drug-likeness (QED) is 0.154. The van der Waals surface area contributed by atoms with Gasteiger partial charge in [-0.15, -0.1) is 0 Å². The maximum absolute atomic E-state index is 7.23. The van der Waals surface area contributed by atoms with Gasteiger partial charge in [0.25, 0.3) is 6.71 Å². The molecule has 0 fully saturated rings. The molecule has 2 nitrogen and oxygen atoms in total. The maximum atomic E-state index is 7.23. The van der Waals surface area contributed by atoms with Crippen molar-refractivity contribution < 1.29 is 4.74 Å². The summed E-state index contributed by atoms with van der Waals surface area (Å²) < 4.78 is 7.23. The van der Waals surface area contributed by atoms with Gasteiger partial charge < -0.3 is 9.64 Å². The van der Waals surface area contributed by atoms with E-state index in [-0.39, 0.29) is 12.1 Å². The molecule has 0 atom stereocenters. The van der Waals surface area contributed by atoms with Crippen molar-refractivity contribution in [2.75, 3.05) is 4.90 Å². The molecule has 324 valence electrons. The van der Waals surface area contributed by atoms with Crippen molar-refractivity contribution in [3.8, 4) is 44.9 Å². The van der Waals surface area contributed by atoms with Crippen LogP contribution in [-0.4, -0.2) is 22.9 Å². The first-order valence-electron chi connectivity index (χ1n) is 23.9. The Bertz CT molecular complexity index is 3370. The molecule has 0 radical (unpaired) electrons. The van der Waals surface area contributed by atoms with E-state index in [1.165, 1.54) is 98.2 Å². The predicted octanol–water partition coefficient (Wildman–Crippen LogP) is 10.9. The van der Waals surface area contributed by atoms with E-state index in [0.29, 0.717) is 0 Å². The lowest BCUT2D eigenvalue weighted by atomic mass is 9.34. The van der Waals surface area contributed by atoms with E-state index in [2.05, 4.69) is 252 Å². The summed E-state index contributed by atoms with van der Waals surface area (Å²) in [5.74, 6) is 1.86. The number of benzene rings is 9. The third kappa shape index (κ3) is 6.50. The molecule has 0 saturated carbocycles. The lowest BCUT2D eigenvalue weighted by Gasteiger charge is -2.42. The highest BCUT2D eigenvalue weighted by atomic mass is 28.3. The molecule has 0 N–H and O–H groups in total. The van der Waals surface area contributed by atoms with Crippen LogP contribution in [0.25, 0.3) is 33.4 Å². The molecule has 0 unspecified atom stereocenters. The van der Waals surface area contributed by atoms with Crippen molar-refractivity contribution in [1.29, 1.82) is 0 Å². The Labute approximate surface area is 398 Å². The van der Waals surface area contributed by atoms with Crippen LogP contribution >= 0.6 is 0 Å². The Morgan fingerprint density at radius 2 is 1.12 bits per heavy atom. The van der Waals surface area contributed by atoms with Crippen LogP contribution in [0.2, 0.25) is 19.6 Å². The Hall–Kier alpha value is -6.92. The maximum Gasteiger partial charge on any atom is 0.256 e. The van der Waals surface area contributed by atoms with Gasteiger partial charge in [-0.05, 0) is 125 Å². The van der Waals surface area contributed by atoms with Crippen LogP contribution < -0.4 is 52.0 Å². The smallest absolute Gasteiger partial charge is 0.256 e. The largest absolute Gasteiger partial charge is 0.458 e. The first kappa shape index (κ1) is 41.5. The highest BCUT2D eigenvalue weighted by Crippen LogP contribution is 2.47. The van der Waals surface area contributed by atoms with Crippen molar-refractivity contribution in [3.05, 3.63) is 211 Å². The van der Waals surface area contributed by atoms with E-state index in [9.17, 15) is 0 Å². The summed E-state index contributed by atoms with van der Waals surface area (Å²) in [6.45, 7) is 16.3. The van der Waals surface area contributed by atoms with Crippen molar-refractivity contribution in [3.63, 3.8) is 0 Å². The van der Waals surface area contributed by atoms with Gasteiger partial charge in [-0.25, -0.2) is 0 Å². The lowest BCUT2D eigenvalue weighted by Crippen LogP contribution is -2.73. The number of aryl methyl sites for hydroxylation is 1. The molecule has 0 bridgehead atoms. The molecule has 9 aromatic rings. The zero-order valence-corrected chi connectivity index (χ0v) is 41.5. The molecule has 9 aromatic carbocycles. The predicted molar refractivity (Wildman–Crippen MR) is 292 cm³/mol. The summed E-state index contributed by atoms with van der Waals surface area (Å²) >= 11 is 0. The first-order chi connectivity index (χ1) is 32.4.